The quantitative estimate of drug-likeness (QED) is 0.907. The molecule has 0 aromatic carbocycles. The largest absolute Gasteiger partial charge is 0.471 e. The molecule has 0 fully saturated rings. The summed E-state index contributed by atoms with van der Waals surface area (Å²) in [5, 5.41) is 14.2. The van der Waals surface area contributed by atoms with Gasteiger partial charge in [-0.05, 0) is 12.1 Å². The fourth-order valence-electron chi connectivity index (χ4n) is 1.38. The predicted molar refractivity (Wildman–Crippen MR) is 60.8 cm³/mol. The Bertz CT molecular complexity index is 672. The lowest BCUT2D eigenvalue weighted by molar-refractivity contribution is -0.167. The van der Waals surface area contributed by atoms with E-state index in [0.717, 1.165) is 10.9 Å². The highest BCUT2D eigenvalue weighted by molar-refractivity contribution is 5.95. The summed E-state index contributed by atoms with van der Waals surface area (Å²) >= 11 is 0. The molecule has 102 valence electrons. The fourth-order valence-corrected chi connectivity index (χ4v) is 1.38. The highest BCUT2D eigenvalue weighted by atomic mass is 19.4. The number of rotatable bonds is 2. The number of nitriles is 1. The van der Waals surface area contributed by atoms with Crippen molar-refractivity contribution in [3.8, 4) is 11.9 Å². The van der Waals surface area contributed by atoms with E-state index >= 15 is 0 Å². The molecule has 2 aromatic heterocycles. The van der Waals surface area contributed by atoms with Crippen molar-refractivity contribution in [3.05, 3.63) is 36.2 Å². The molecule has 0 aliphatic heterocycles. The summed E-state index contributed by atoms with van der Waals surface area (Å²) in [4.78, 5) is 14.9. The number of carbonyl (C=O) groups excluding carboxylic acids is 1. The molecule has 0 unspecified atom stereocenters. The minimum atomic E-state index is -5.06. The van der Waals surface area contributed by atoms with Crippen LogP contribution in [-0.4, -0.2) is 26.8 Å². The van der Waals surface area contributed by atoms with E-state index in [4.69, 9.17) is 5.26 Å². The summed E-state index contributed by atoms with van der Waals surface area (Å²) in [5.74, 6) is -2.40. The van der Waals surface area contributed by atoms with Crippen LogP contribution in [0.2, 0.25) is 0 Å². The summed E-state index contributed by atoms with van der Waals surface area (Å²) in [7, 11) is 0. The van der Waals surface area contributed by atoms with Gasteiger partial charge in [-0.2, -0.15) is 28.2 Å². The van der Waals surface area contributed by atoms with Gasteiger partial charge in [0.1, 0.15) is 11.6 Å². The number of hydrogen-bond donors (Lipinski definition) is 1. The first-order valence-electron chi connectivity index (χ1n) is 5.21. The van der Waals surface area contributed by atoms with Gasteiger partial charge in [-0.1, -0.05) is 6.07 Å². The highest BCUT2D eigenvalue weighted by Gasteiger charge is 2.39. The standard InChI is InChI=1S/C11H6F3N5O/c12-11(13,14)10(20)18-9-7(5-15)6-17-19(9)8-3-1-2-4-16-8/h1-4,6H,(H,18,20). The van der Waals surface area contributed by atoms with Crippen LogP contribution in [0.15, 0.2) is 30.6 Å². The number of nitrogens with one attached hydrogen (secondary N) is 1. The van der Waals surface area contributed by atoms with E-state index < -0.39 is 12.1 Å². The maximum absolute atomic E-state index is 12.3. The summed E-state index contributed by atoms with van der Waals surface area (Å²) in [6, 6.07) is 6.31. The number of halogens is 3. The molecule has 6 nitrogen and oxygen atoms in total. The Hall–Kier alpha value is -2.89. The van der Waals surface area contributed by atoms with E-state index in [-0.39, 0.29) is 17.2 Å². The second kappa shape index (κ2) is 5.00. The van der Waals surface area contributed by atoms with E-state index in [1.807, 2.05) is 0 Å². The molecule has 0 radical (unpaired) electrons. The first kappa shape index (κ1) is 13.5. The number of nitrogens with zero attached hydrogens (tertiary/aromatic N) is 4. The van der Waals surface area contributed by atoms with Gasteiger partial charge in [0.25, 0.3) is 0 Å². The van der Waals surface area contributed by atoms with E-state index in [2.05, 4.69) is 10.1 Å². The maximum atomic E-state index is 12.3. The summed E-state index contributed by atoms with van der Waals surface area (Å²) in [6.07, 6.45) is -2.62. The lowest BCUT2D eigenvalue weighted by atomic mass is 10.3. The molecule has 0 atom stereocenters. The van der Waals surface area contributed by atoms with E-state index in [0.29, 0.717) is 0 Å². The number of alkyl halides is 3. The Labute approximate surface area is 110 Å². The average Bonchev–Trinajstić information content (AvgIpc) is 2.81. The topological polar surface area (TPSA) is 83.6 Å². The minimum Gasteiger partial charge on any atom is -0.302 e. The van der Waals surface area contributed by atoms with Gasteiger partial charge >= 0.3 is 12.1 Å². The van der Waals surface area contributed by atoms with Crippen molar-refractivity contribution in [1.29, 1.82) is 5.26 Å². The number of anilines is 1. The summed E-state index contributed by atoms with van der Waals surface area (Å²) < 4.78 is 37.8. The Morgan fingerprint density at radius 2 is 2.15 bits per heavy atom. The van der Waals surface area contributed by atoms with Crippen molar-refractivity contribution in [1.82, 2.24) is 14.8 Å². The second-order valence-corrected chi connectivity index (χ2v) is 3.57. The molecule has 0 aliphatic carbocycles. The maximum Gasteiger partial charge on any atom is 0.471 e. The van der Waals surface area contributed by atoms with Gasteiger partial charge in [-0.15, -0.1) is 0 Å². The van der Waals surface area contributed by atoms with Gasteiger partial charge in [-0.3, -0.25) is 4.79 Å². The molecule has 2 aromatic rings. The molecule has 2 heterocycles. The van der Waals surface area contributed by atoms with Crippen LogP contribution in [0.4, 0.5) is 19.0 Å². The van der Waals surface area contributed by atoms with E-state index in [1.54, 1.807) is 23.5 Å². The Morgan fingerprint density at radius 3 is 2.70 bits per heavy atom. The Morgan fingerprint density at radius 1 is 1.40 bits per heavy atom. The third-order valence-electron chi connectivity index (χ3n) is 2.25. The number of pyridine rings is 1. The van der Waals surface area contributed by atoms with Crippen molar-refractivity contribution in [2.24, 2.45) is 0 Å². The second-order valence-electron chi connectivity index (χ2n) is 3.57. The predicted octanol–water partition coefficient (Wildman–Crippen LogP) is 1.64. The van der Waals surface area contributed by atoms with Crippen molar-refractivity contribution in [3.63, 3.8) is 0 Å². The van der Waals surface area contributed by atoms with E-state index in [1.165, 1.54) is 12.3 Å². The molecule has 0 spiro atoms. The number of carbonyl (C=O) groups is 1. The molecule has 9 heteroatoms. The van der Waals surface area contributed by atoms with Crippen molar-refractivity contribution in [2.45, 2.75) is 6.18 Å². The molecule has 20 heavy (non-hydrogen) atoms. The molecule has 0 saturated carbocycles. The van der Waals surface area contributed by atoms with Gasteiger partial charge in [0.05, 0.1) is 6.20 Å². The van der Waals surface area contributed by atoms with Crippen LogP contribution in [-0.2, 0) is 4.79 Å². The first-order chi connectivity index (χ1) is 9.43. The molecule has 0 bridgehead atoms. The lowest BCUT2D eigenvalue weighted by Gasteiger charge is -2.10. The fraction of sp³-hybridized carbons (Fsp3) is 0.0909. The summed E-state index contributed by atoms with van der Waals surface area (Å²) in [6.45, 7) is 0. The van der Waals surface area contributed by atoms with Crippen molar-refractivity contribution >= 4 is 11.7 Å². The molecule has 0 aliphatic rings. The zero-order valence-corrected chi connectivity index (χ0v) is 9.72. The Kier molecular flexibility index (Phi) is 3.39. The zero-order chi connectivity index (χ0) is 14.8. The molecule has 1 N–H and O–H groups in total. The van der Waals surface area contributed by atoms with Crippen LogP contribution in [0.5, 0.6) is 0 Å². The monoisotopic (exact) mass is 281 g/mol. The van der Waals surface area contributed by atoms with Gasteiger partial charge in [0, 0.05) is 6.20 Å². The molecule has 0 saturated heterocycles. The van der Waals surface area contributed by atoms with Crippen LogP contribution in [0.1, 0.15) is 5.56 Å². The number of amides is 1. The van der Waals surface area contributed by atoms with Crippen LogP contribution in [0.25, 0.3) is 5.82 Å². The summed E-state index contributed by atoms with van der Waals surface area (Å²) in [5.41, 5.74) is -0.201. The van der Waals surface area contributed by atoms with Gasteiger partial charge in [0.15, 0.2) is 11.6 Å². The molecule has 2 rings (SSSR count). The average molecular weight is 281 g/mol. The van der Waals surface area contributed by atoms with E-state index in [9.17, 15) is 18.0 Å². The van der Waals surface area contributed by atoms with Crippen LogP contribution in [0, 0.1) is 11.3 Å². The molecular formula is C11H6F3N5O. The number of hydrogen-bond acceptors (Lipinski definition) is 4. The number of aromatic nitrogens is 3. The van der Waals surface area contributed by atoms with Gasteiger partial charge in [0.2, 0.25) is 0 Å². The van der Waals surface area contributed by atoms with Crippen LogP contribution >= 0.6 is 0 Å². The van der Waals surface area contributed by atoms with Crippen molar-refractivity contribution < 1.29 is 18.0 Å². The molecular weight excluding hydrogens is 275 g/mol. The zero-order valence-electron chi connectivity index (χ0n) is 9.72. The minimum absolute atomic E-state index is 0.173. The third-order valence-corrected chi connectivity index (χ3v) is 2.25. The van der Waals surface area contributed by atoms with Gasteiger partial charge < -0.3 is 5.32 Å². The van der Waals surface area contributed by atoms with Crippen LogP contribution < -0.4 is 5.32 Å². The lowest BCUT2D eigenvalue weighted by Crippen LogP contribution is -2.31. The van der Waals surface area contributed by atoms with Crippen LogP contribution in [0.3, 0.4) is 0 Å². The first-order valence-corrected chi connectivity index (χ1v) is 5.21. The Balaban J connectivity index is 2.44. The normalized spacial score (nSPS) is 10.9. The molecule has 1 amide bonds. The third kappa shape index (κ3) is 2.59. The smallest absolute Gasteiger partial charge is 0.302 e. The van der Waals surface area contributed by atoms with Gasteiger partial charge in [-0.25, -0.2) is 4.98 Å². The SMILES string of the molecule is N#Cc1cnn(-c2ccccn2)c1NC(=O)C(F)(F)F. The van der Waals surface area contributed by atoms with Crippen molar-refractivity contribution in [2.75, 3.05) is 5.32 Å². The highest BCUT2D eigenvalue weighted by Crippen LogP contribution is 2.22.